The maximum atomic E-state index is 13.8. The number of hydrogen-bond donors (Lipinski definition) is 1. The van der Waals surface area contributed by atoms with E-state index in [2.05, 4.69) is 15.4 Å². The van der Waals surface area contributed by atoms with Crippen molar-refractivity contribution in [3.05, 3.63) is 41.9 Å². The molecule has 0 aromatic carbocycles. The molecule has 0 atom stereocenters. The lowest BCUT2D eigenvalue weighted by Crippen LogP contribution is -2.27. The van der Waals surface area contributed by atoms with Crippen LogP contribution in [0.25, 0.3) is 17.1 Å². The molecular weight excluding hydrogens is 358 g/mol. The molecule has 0 spiro atoms. The number of carbonyl (C=O) groups excluding carboxylic acids is 1. The van der Waals surface area contributed by atoms with Crippen molar-refractivity contribution < 1.29 is 22.7 Å². The lowest BCUT2D eigenvalue weighted by atomic mass is 10.2. The van der Waals surface area contributed by atoms with Gasteiger partial charge in [0.2, 0.25) is 0 Å². The molecule has 25 heavy (non-hydrogen) atoms. The predicted octanol–water partition coefficient (Wildman–Crippen LogP) is 2.65. The first-order chi connectivity index (χ1) is 11.9. The van der Waals surface area contributed by atoms with Gasteiger partial charge in [0.25, 0.3) is 5.91 Å². The van der Waals surface area contributed by atoms with E-state index < -0.39 is 17.0 Å². The number of aromatic nitrogens is 3. The van der Waals surface area contributed by atoms with Crippen molar-refractivity contribution in [2.24, 2.45) is 0 Å². The third-order valence-electron chi connectivity index (χ3n) is 3.32. The van der Waals surface area contributed by atoms with E-state index in [1.807, 2.05) is 0 Å². The number of halogens is 3. The number of alkyl halides is 3. The molecule has 0 radical (unpaired) electrons. The molecule has 3 rings (SSSR count). The molecule has 0 fully saturated rings. The molecule has 0 aliphatic heterocycles. The maximum Gasteiger partial charge on any atom is 0.364 e. The largest absolute Gasteiger partial charge is 0.463 e. The fraction of sp³-hybridized carbons (Fsp3) is 0.267. The predicted molar refractivity (Wildman–Crippen MR) is 84.6 cm³/mol. The molecule has 0 bridgehead atoms. The highest BCUT2D eigenvalue weighted by molar-refractivity contribution is 6.21. The molecule has 1 N–H and O–H groups in total. The fourth-order valence-corrected chi connectivity index (χ4v) is 2.33. The minimum atomic E-state index is -3.71. The molecule has 0 unspecified atom stereocenters. The van der Waals surface area contributed by atoms with Crippen molar-refractivity contribution in [3.63, 3.8) is 0 Å². The Morgan fingerprint density at radius 1 is 1.48 bits per heavy atom. The molecule has 7 nitrogen and oxygen atoms in total. The van der Waals surface area contributed by atoms with E-state index in [1.54, 1.807) is 12.1 Å². The van der Waals surface area contributed by atoms with Gasteiger partial charge in [0.15, 0.2) is 17.1 Å². The summed E-state index contributed by atoms with van der Waals surface area (Å²) < 4.78 is 38.4. The number of rotatable bonds is 6. The van der Waals surface area contributed by atoms with Gasteiger partial charge in [-0.05, 0) is 29.8 Å². The molecule has 0 saturated carbocycles. The zero-order chi connectivity index (χ0) is 18.0. The normalized spacial score (nSPS) is 11.8. The standard InChI is InChI=1S/C15H13ClF2N4O3/c1-24-6-4-19-14(23)10-8-13-20-9(11-3-2-5-25-11)7-12(15(16,17)18)22(13)21-10/h2-3,5,7-8H,4,6H2,1H3,(H,19,23). The van der Waals surface area contributed by atoms with Gasteiger partial charge in [0.05, 0.1) is 12.9 Å². The smallest absolute Gasteiger partial charge is 0.364 e. The number of hydrogen-bond acceptors (Lipinski definition) is 5. The second kappa shape index (κ2) is 6.77. The summed E-state index contributed by atoms with van der Waals surface area (Å²) in [4.78, 5) is 16.3. The van der Waals surface area contributed by atoms with E-state index in [0.29, 0.717) is 6.61 Å². The average Bonchev–Trinajstić information content (AvgIpc) is 3.22. The summed E-state index contributed by atoms with van der Waals surface area (Å²) in [6.07, 6.45) is 1.39. The number of fused-ring (bicyclic) bond motifs is 1. The summed E-state index contributed by atoms with van der Waals surface area (Å²) in [5.41, 5.74) is -0.496. The van der Waals surface area contributed by atoms with Crippen LogP contribution < -0.4 is 5.32 Å². The number of nitrogens with zero attached hydrogens (tertiary/aromatic N) is 3. The number of amides is 1. The van der Waals surface area contributed by atoms with E-state index in [1.165, 1.54) is 19.4 Å². The fourth-order valence-electron chi connectivity index (χ4n) is 2.20. The molecule has 132 valence electrons. The monoisotopic (exact) mass is 370 g/mol. The Labute approximate surface area is 145 Å². The van der Waals surface area contributed by atoms with Crippen molar-refractivity contribution >= 4 is 23.2 Å². The number of ether oxygens (including phenoxy) is 1. The first-order valence-corrected chi connectivity index (χ1v) is 7.57. The lowest BCUT2D eigenvalue weighted by Gasteiger charge is -2.11. The van der Waals surface area contributed by atoms with Crippen LogP contribution in [0.2, 0.25) is 0 Å². The molecule has 1 amide bonds. The van der Waals surface area contributed by atoms with Crippen molar-refractivity contribution in [1.29, 1.82) is 0 Å². The number of nitrogens with one attached hydrogen (secondary N) is 1. The minimum Gasteiger partial charge on any atom is -0.463 e. The SMILES string of the molecule is COCCNC(=O)c1cc2nc(-c3ccco3)cc(C(F)(F)Cl)n2n1. The van der Waals surface area contributed by atoms with E-state index in [9.17, 15) is 13.6 Å². The Kier molecular flexibility index (Phi) is 4.69. The maximum absolute atomic E-state index is 13.8. The quantitative estimate of drug-likeness (QED) is 0.533. The van der Waals surface area contributed by atoms with Gasteiger partial charge in [-0.2, -0.15) is 13.9 Å². The van der Waals surface area contributed by atoms with Crippen LogP contribution in [-0.2, 0) is 10.1 Å². The molecule has 10 heteroatoms. The van der Waals surface area contributed by atoms with Gasteiger partial charge in [0.1, 0.15) is 11.4 Å². The van der Waals surface area contributed by atoms with Crippen molar-refractivity contribution in [2.45, 2.75) is 5.38 Å². The Morgan fingerprint density at radius 2 is 2.28 bits per heavy atom. The molecule has 3 aromatic rings. The van der Waals surface area contributed by atoms with Gasteiger partial charge >= 0.3 is 5.38 Å². The summed E-state index contributed by atoms with van der Waals surface area (Å²) in [6, 6.07) is 5.54. The van der Waals surface area contributed by atoms with E-state index in [4.69, 9.17) is 20.8 Å². The summed E-state index contributed by atoms with van der Waals surface area (Å²) in [5, 5.41) is 2.73. The van der Waals surface area contributed by atoms with Crippen molar-refractivity contribution in [3.8, 4) is 11.5 Å². The second-order valence-corrected chi connectivity index (χ2v) is 5.52. The van der Waals surface area contributed by atoms with Crippen LogP contribution in [0.3, 0.4) is 0 Å². The second-order valence-electron chi connectivity index (χ2n) is 5.05. The summed E-state index contributed by atoms with van der Waals surface area (Å²) >= 11 is 5.19. The van der Waals surface area contributed by atoms with Crippen LogP contribution in [0.15, 0.2) is 34.9 Å². The van der Waals surface area contributed by atoms with Crippen LogP contribution in [0.5, 0.6) is 0 Å². The molecular formula is C15H13ClF2N4O3. The third kappa shape index (κ3) is 3.62. The minimum absolute atomic E-state index is 0.0427. The van der Waals surface area contributed by atoms with Gasteiger partial charge in [-0.15, -0.1) is 0 Å². The van der Waals surface area contributed by atoms with Gasteiger partial charge in [-0.3, -0.25) is 4.79 Å². The van der Waals surface area contributed by atoms with E-state index in [-0.39, 0.29) is 29.3 Å². The van der Waals surface area contributed by atoms with Crippen molar-refractivity contribution in [2.75, 3.05) is 20.3 Å². The highest BCUT2D eigenvalue weighted by Gasteiger charge is 2.33. The zero-order valence-corrected chi connectivity index (χ0v) is 13.8. The Morgan fingerprint density at radius 3 is 2.92 bits per heavy atom. The molecule has 0 aliphatic carbocycles. The third-order valence-corrected chi connectivity index (χ3v) is 3.51. The van der Waals surface area contributed by atoms with Gasteiger partial charge < -0.3 is 14.5 Å². The summed E-state index contributed by atoms with van der Waals surface area (Å²) in [7, 11) is 1.49. The summed E-state index contributed by atoms with van der Waals surface area (Å²) in [5.74, 6) is -0.247. The first-order valence-electron chi connectivity index (χ1n) is 7.19. The van der Waals surface area contributed by atoms with Crippen LogP contribution in [-0.4, -0.2) is 40.8 Å². The number of carbonyl (C=O) groups is 1. The first kappa shape index (κ1) is 17.3. The average molecular weight is 371 g/mol. The molecule has 3 heterocycles. The van der Waals surface area contributed by atoms with Crippen molar-refractivity contribution in [1.82, 2.24) is 19.9 Å². The van der Waals surface area contributed by atoms with E-state index >= 15 is 0 Å². The Balaban J connectivity index is 2.06. The van der Waals surface area contributed by atoms with Crippen LogP contribution in [0, 0.1) is 0 Å². The van der Waals surface area contributed by atoms with Crippen LogP contribution >= 0.6 is 11.6 Å². The Bertz CT molecular complexity index is 890. The zero-order valence-electron chi connectivity index (χ0n) is 13.0. The topological polar surface area (TPSA) is 81.7 Å². The van der Waals surface area contributed by atoms with Crippen LogP contribution in [0.4, 0.5) is 8.78 Å². The molecule has 0 aliphatic rings. The lowest BCUT2D eigenvalue weighted by molar-refractivity contribution is 0.0865. The highest BCUT2D eigenvalue weighted by atomic mass is 35.5. The van der Waals surface area contributed by atoms with E-state index in [0.717, 1.165) is 10.6 Å². The molecule has 3 aromatic heterocycles. The number of methoxy groups -OCH3 is 1. The summed E-state index contributed by atoms with van der Waals surface area (Å²) in [6.45, 7) is 0.567. The Hall–Kier alpha value is -2.52. The molecule has 0 saturated heterocycles. The van der Waals surface area contributed by atoms with Gasteiger partial charge in [-0.1, -0.05) is 0 Å². The van der Waals surface area contributed by atoms with Crippen LogP contribution in [0.1, 0.15) is 16.2 Å². The van der Waals surface area contributed by atoms with Gasteiger partial charge in [-0.25, -0.2) is 9.50 Å². The highest BCUT2D eigenvalue weighted by Crippen LogP contribution is 2.34. The number of furan rings is 1. The van der Waals surface area contributed by atoms with Gasteiger partial charge in [0, 0.05) is 19.7 Å².